The Bertz CT molecular complexity index is 1010. The molecule has 6 nitrogen and oxygen atoms in total. The Morgan fingerprint density at radius 3 is 2.61 bits per heavy atom. The number of ether oxygens (including phenoxy) is 1. The molecule has 1 aromatic heterocycles. The zero-order chi connectivity index (χ0) is 22.3. The van der Waals surface area contributed by atoms with Crippen LogP contribution in [-0.4, -0.2) is 33.0 Å². The Morgan fingerprint density at radius 1 is 1.13 bits per heavy atom. The fourth-order valence-corrected chi connectivity index (χ4v) is 3.49. The first kappa shape index (κ1) is 22.7. The number of carbonyl (C=O) groups is 1. The first-order valence-corrected chi connectivity index (χ1v) is 10.6. The zero-order valence-corrected chi connectivity index (χ0v) is 17.5. The van der Waals surface area contributed by atoms with E-state index in [0.29, 0.717) is 23.3 Å². The van der Waals surface area contributed by atoms with E-state index >= 15 is 0 Å². The second-order valence-corrected chi connectivity index (χ2v) is 7.48. The number of para-hydroxylation sites is 1. The Hall–Kier alpha value is -3.01. The number of halogens is 3. The molecule has 0 aliphatic rings. The second kappa shape index (κ2) is 10.3. The van der Waals surface area contributed by atoms with E-state index in [0.717, 1.165) is 17.9 Å². The van der Waals surface area contributed by atoms with E-state index in [1.807, 2.05) is 30.3 Å². The number of aromatic nitrogens is 3. The maximum Gasteiger partial charge on any atom is 0.416 e. The van der Waals surface area contributed by atoms with Crippen molar-refractivity contribution in [3.05, 3.63) is 66.0 Å². The van der Waals surface area contributed by atoms with Crippen molar-refractivity contribution in [2.75, 3.05) is 12.4 Å². The smallest absolute Gasteiger partial charge is 0.416 e. The molecule has 0 aliphatic carbocycles. The van der Waals surface area contributed by atoms with Gasteiger partial charge in [-0.3, -0.25) is 9.36 Å². The van der Waals surface area contributed by atoms with Crippen LogP contribution in [-0.2, 0) is 17.5 Å². The molecule has 1 N–H and O–H groups in total. The molecule has 0 saturated carbocycles. The molecule has 31 heavy (non-hydrogen) atoms. The van der Waals surface area contributed by atoms with Crippen LogP contribution in [0.1, 0.15) is 24.7 Å². The predicted molar refractivity (Wildman–Crippen MR) is 111 cm³/mol. The molecule has 0 atom stereocenters. The van der Waals surface area contributed by atoms with Crippen LogP contribution in [0.2, 0.25) is 0 Å². The van der Waals surface area contributed by atoms with Crippen molar-refractivity contribution in [2.45, 2.75) is 31.2 Å². The average Bonchev–Trinajstić information content (AvgIpc) is 3.18. The van der Waals surface area contributed by atoms with Crippen LogP contribution < -0.4 is 10.1 Å². The number of amides is 1. The molecule has 0 fully saturated rings. The minimum absolute atomic E-state index is 0.0526. The average molecular weight is 450 g/mol. The van der Waals surface area contributed by atoms with Gasteiger partial charge in [-0.05, 0) is 30.3 Å². The topological polar surface area (TPSA) is 69.0 Å². The van der Waals surface area contributed by atoms with Gasteiger partial charge >= 0.3 is 6.18 Å². The van der Waals surface area contributed by atoms with Crippen molar-refractivity contribution in [1.82, 2.24) is 20.1 Å². The molecular weight excluding hydrogens is 429 g/mol. The molecule has 2 aromatic carbocycles. The molecular formula is C21H21F3N4O2S. The normalized spacial score (nSPS) is 11.4. The van der Waals surface area contributed by atoms with Crippen molar-refractivity contribution in [1.29, 1.82) is 0 Å². The molecule has 3 aromatic rings. The van der Waals surface area contributed by atoms with Crippen molar-refractivity contribution >= 4 is 17.7 Å². The number of alkyl halides is 3. The summed E-state index contributed by atoms with van der Waals surface area (Å²) in [5.74, 6) is 1.38. The number of thioether (sulfide) groups is 1. The molecule has 164 valence electrons. The Labute approximate surface area is 181 Å². The summed E-state index contributed by atoms with van der Waals surface area (Å²) in [6.07, 6.45) is -4.19. The highest BCUT2D eigenvalue weighted by molar-refractivity contribution is 7.99. The lowest BCUT2D eigenvalue weighted by atomic mass is 10.2. The largest absolute Gasteiger partial charge is 0.493 e. The molecule has 1 heterocycles. The van der Waals surface area contributed by atoms with Gasteiger partial charge in [0.05, 0.1) is 24.4 Å². The van der Waals surface area contributed by atoms with E-state index in [-0.39, 0.29) is 24.6 Å². The van der Waals surface area contributed by atoms with Gasteiger partial charge in [0.15, 0.2) is 11.0 Å². The fourth-order valence-electron chi connectivity index (χ4n) is 2.70. The summed E-state index contributed by atoms with van der Waals surface area (Å²) in [6, 6.07) is 14.2. The van der Waals surface area contributed by atoms with E-state index < -0.39 is 11.7 Å². The lowest BCUT2D eigenvalue weighted by molar-refractivity contribution is -0.137. The van der Waals surface area contributed by atoms with E-state index in [9.17, 15) is 18.0 Å². The van der Waals surface area contributed by atoms with Gasteiger partial charge in [0, 0.05) is 12.2 Å². The van der Waals surface area contributed by atoms with Gasteiger partial charge in [-0.15, -0.1) is 10.2 Å². The Kier molecular flexibility index (Phi) is 7.56. The van der Waals surface area contributed by atoms with E-state index in [1.165, 1.54) is 22.4 Å². The Morgan fingerprint density at radius 2 is 1.90 bits per heavy atom. The SMILES string of the molecule is CCC(=O)NCc1nnc(SCCOc2ccccc2)n1-c1cccc(C(F)(F)F)c1. The molecule has 0 radical (unpaired) electrons. The third-order valence-corrected chi connectivity index (χ3v) is 5.12. The number of hydrogen-bond donors (Lipinski definition) is 1. The minimum atomic E-state index is -4.47. The predicted octanol–water partition coefficient (Wildman–Crippen LogP) is 4.48. The number of nitrogens with zero attached hydrogens (tertiary/aromatic N) is 3. The lowest BCUT2D eigenvalue weighted by Crippen LogP contribution is -2.23. The summed E-state index contributed by atoms with van der Waals surface area (Å²) in [5, 5.41) is 11.3. The van der Waals surface area contributed by atoms with E-state index in [1.54, 1.807) is 13.0 Å². The van der Waals surface area contributed by atoms with E-state index in [2.05, 4.69) is 15.5 Å². The number of nitrogens with one attached hydrogen (secondary N) is 1. The molecule has 0 saturated heterocycles. The van der Waals surface area contributed by atoms with Gasteiger partial charge in [0.25, 0.3) is 0 Å². The third kappa shape index (κ3) is 6.24. The van der Waals surface area contributed by atoms with Crippen LogP contribution in [0.3, 0.4) is 0 Å². The number of rotatable bonds is 9. The van der Waals surface area contributed by atoms with Gasteiger partial charge in [-0.25, -0.2) is 0 Å². The third-order valence-electron chi connectivity index (χ3n) is 4.22. The van der Waals surface area contributed by atoms with Gasteiger partial charge in [-0.2, -0.15) is 13.2 Å². The fraction of sp³-hybridized carbons (Fsp3) is 0.286. The quantitative estimate of drug-likeness (QED) is 0.385. The summed E-state index contributed by atoms with van der Waals surface area (Å²) >= 11 is 1.31. The highest BCUT2D eigenvalue weighted by atomic mass is 32.2. The van der Waals surface area contributed by atoms with Crippen LogP contribution in [0.15, 0.2) is 59.8 Å². The molecule has 0 spiro atoms. The van der Waals surface area contributed by atoms with Crippen molar-refractivity contribution < 1.29 is 22.7 Å². The number of benzene rings is 2. The lowest BCUT2D eigenvalue weighted by Gasteiger charge is -2.13. The first-order chi connectivity index (χ1) is 14.9. The summed E-state index contributed by atoms with van der Waals surface area (Å²) in [4.78, 5) is 11.6. The molecule has 1 amide bonds. The maximum absolute atomic E-state index is 13.2. The number of hydrogen-bond acceptors (Lipinski definition) is 5. The minimum Gasteiger partial charge on any atom is -0.493 e. The first-order valence-electron chi connectivity index (χ1n) is 9.57. The highest BCUT2D eigenvalue weighted by Gasteiger charge is 2.31. The van der Waals surface area contributed by atoms with Gasteiger partial charge in [0.2, 0.25) is 5.91 Å². The standard InChI is InChI=1S/C21H21F3N4O2S/c1-2-19(29)25-14-18-26-27-20(31-12-11-30-17-9-4-3-5-10-17)28(18)16-8-6-7-15(13-16)21(22,23)24/h3-10,13H,2,11-12,14H2,1H3,(H,25,29). The van der Waals surface area contributed by atoms with Crippen LogP contribution in [0.4, 0.5) is 13.2 Å². The Balaban J connectivity index is 1.80. The summed E-state index contributed by atoms with van der Waals surface area (Å²) in [7, 11) is 0. The molecule has 3 rings (SSSR count). The van der Waals surface area contributed by atoms with Crippen LogP contribution in [0.5, 0.6) is 5.75 Å². The molecule has 0 aliphatic heterocycles. The van der Waals surface area contributed by atoms with Crippen molar-refractivity contribution in [2.24, 2.45) is 0 Å². The maximum atomic E-state index is 13.2. The van der Waals surface area contributed by atoms with Gasteiger partial charge < -0.3 is 10.1 Å². The molecule has 0 bridgehead atoms. The summed E-state index contributed by atoms with van der Waals surface area (Å²) < 4.78 is 46.8. The zero-order valence-electron chi connectivity index (χ0n) is 16.7. The monoisotopic (exact) mass is 450 g/mol. The number of carbonyl (C=O) groups excluding carboxylic acids is 1. The van der Waals surface area contributed by atoms with Crippen LogP contribution >= 0.6 is 11.8 Å². The van der Waals surface area contributed by atoms with Crippen LogP contribution in [0, 0.1) is 0 Å². The molecule has 0 unspecified atom stereocenters. The summed E-state index contributed by atoms with van der Waals surface area (Å²) in [6.45, 7) is 2.14. The van der Waals surface area contributed by atoms with E-state index in [4.69, 9.17) is 4.74 Å². The van der Waals surface area contributed by atoms with Crippen LogP contribution in [0.25, 0.3) is 5.69 Å². The van der Waals surface area contributed by atoms with Gasteiger partial charge in [0.1, 0.15) is 5.75 Å². The van der Waals surface area contributed by atoms with Crippen molar-refractivity contribution in [3.8, 4) is 11.4 Å². The highest BCUT2D eigenvalue weighted by Crippen LogP contribution is 2.31. The summed E-state index contributed by atoms with van der Waals surface area (Å²) in [5.41, 5.74) is -0.502. The second-order valence-electron chi connectivity index (χ2n) is 6.42. The van der Waals surface area contributed by atoms with Crippen molar-refractivity contribution in [3.63, 3.8) is 0 Å². The van der Waals surface area contributed by atoms with Gasteiger partial charge in [-0.1, -0.05) is 43.0 Å². The molecule has 10 heteroatoms.